The van der Waals surface area contributed by atoms with Gasteiger partial charge >= 0.3 is 0 Å². The van der Waals surface area contributed by atoms with Crippen molar-refractivity contribution >= 4 is 11.6 Å². The van der Waals surface area contributed by atoms with Crippen LogP contribution in [0.4, 0.5) is 0 Å². The van der Waals surface area contributed by atoms with Gasteiger partial charge in [-0.05, 0) is 38.4 Å². The average molecular weight is 279 g/mol. The van der Waals surface area contributed by atoms with Crippen molar-refractivity contribution in [2.75, 3.05) is 6.54 Å². The van der Waals surface area contributed by atoms with E-state index in [1.807, 2.05) is 19.9 Å². The lowest BCUT2D eigenvalue weighted by Gasteiger charge is -2.08. The lowest BCUT2D eigenvalue weighted by Crippen LogP contribution is -2.15. The molecule has 0 aliphatic heterocycles. The summed E-state index contributed by atoms with van der Waals surface area (Å²) in [5, 5.41) is 8.37. The topological polar surface area (TPSA) is 42.7 Å². The van der Waals surface area contributed by atoms with Crippen molar-refractivity contribution in [3.05, 3.63) is 40.3 Å². The third kappa shape index (κ3) is 3.33. The fraction of sp³-hybridized carbons (Fsp3) is 0.429. The summed E-state index contributed by atoms with van der Waals surface area (Å²) < 4.78 is 1.72. The van der Waals surface area contributed by atoms with Crippen LogP contribution >= 0.6 is 11.6 Å². The van der Waals surface area contributed by atoms with Crippen molar-refractivity contribution < 1.29 is 0 Å². The first-order chi connectivity index (χ1) is 9.11. The van der Waals surface area contributed by atoms with Gasteiger partial charge in [0.2, 0.25) is 0 Å². The van der Waals surface area contributed by atoms with Gasteiger partial charge in [-0.15, -0.1) is 0 Å². The summed E-state index contributed by atoms with van der Waals surface area (Å²) in [4.78, 5) is 4.58. The quantitative estimate of drug-likeness (QED) is 0.855. The second-order valence-corrected chi connectivity index (χ2v) is 5.00. The molecule has 2 heterocycles. The van der Waals surface area contributed by atoms with E-state index in [-0.39, 0.29) is 0 Å². The Kier molecular flexibility index (Phi) is 4.56. The molecule has 0 radical (unpaired) electrons. The van der Waals surface area contributed by atoms with Crippen LogP contribution in [0.5, 0.6) is 0 Å². The van der Waals surface area contributed by atoms with Crippen molar-refractivity contribution in [3.8, 4) is 5.82 Å². The van der Waals surface area contributed by atoms with Crippen LogP contribution in [-0.4, -0.2) is 21.3 Å². The van der Waals surface area contributed by atoms with E-state index >= 15 is 0 Å². The number of pyridine rings is 1. The lowest BCUT2D eigenvalue weighted by molar-refractivity contribution is 0.670. The molecule has 2 aromatic rings. The van der Waals surface area contributed by atoms with E-state index in [4.69, 9.17) is 11.6 Å². The molecule has 0 fully saturated rings. The molecule has 1 N–H and O–H groups in total. The number of nitrogens with zero attached hydrogens (tertiary/aromatic N) is 3. The highest BCUT2D eigenvalue weighted by Gasteiger charge is 2.07. The van der Waals surface area contributed by atoms with Gasteiger partial charge < -0.3 is 5.32 Å². The maximum Gasteiger partial charge on any atom is 0.153 e. The smallest absolute Gasteiger partial charge is 0.153 e. The fourth-order valence-electron chi connectivity index (χ4n) is 1.85. The number of halogens is 1. The van der Waals surface area contributed by atoms with Crippen LogP contribution in [0.15, 0.2) is 18.3 Å². The van der Waals surface area contributed by atoms with Crippen molar-refractivity contribution in [1.29, 1.82) is 0 Å². The number of rotatable bonds is 5. The average Bonchev–Trinajstić information content (AvgIpc) is 2.72. The highest BCUT2D eigenvalue weighted by molar-refractivity contribution is 6.31. The molecule has 0 spiro atoms. The summed E-state index contributed by atoms with van der Waals surface area (Å²) in [5.41, 5.74) is 3.05. The first-order valence-corrected chi connectivity index (χ1v) is 6.89. The van der Waals surface area contributed by atoms with Crippen LogP contribution < -0.4 is 5.32 Å². The first kappa shape index (κ1) is 14.0. The standard InChI is InChI=1S/C14H19ClN4/c1-4-7-16-8-12-5-6-14(17-10(12)2)19-9-13(15)11(3)18-19/h5-6,9,16H,4,7-8H2,1-3H3. The molecule has 5 heteroatoms. The molecule has 0 aromatic carbocycles. The van der Waals surface area contributed by atoms with Gasteiger partial charge in [0.15, 0.2) is 5.82 Å². The predicted octanol–water partition coefficient (Wildman–Crippen LogP) is 3.04. The zero-order valence-corrected chi connectivity index (χ0v) is 12.3. The maximum absolute atomic E-state index is 6.01. The van der Waals surface area contributed by atoms with Crippen LogP contribution in [0.1, 0.15) is 30.3 Å². The molecule has 0 amide bonds. The van der Waals surface area contributed by atoms with Gasteiger partial charge in [0.05, 0.1) is 16.9 Å². The van der Waals surface area contributed by atoms with Crippen LogP contribution in [0.3, 0.4) is 0 Å². The SMILES string of the molecule is CCCNCc1ccc(-n2cc(Cl)c(C)n2)nc1C. The van der Waals surface area contributed by atoms with Gasteiger partial charge in [-0.2, -0.15) is 5.10 Å². The summed E-state index contributed by atoms with van der Waals surface area (Å²) in [6, 6.07) is 4.06. The number of nitrogens with one attached hydrogen (secondary N) is 1. The summed E-state index contributed by atoms with van der Waals surface area (Å²) >= 11 is 6.01. The minimum atomic E-state index is 0.660. The summed E-state index contributed by atoms with van der Waals surface area (Å²) in [7, 11) is 0. The second kappa shape index (κ2) is 6.17. The normalized spacial score (nSPS) is 10.9. The number of aryl methyl sites for hydroxylation is 2. The van der Waals surface area contributed by atoms with E-state index in [9.17, 15) is 0 Å². The number of hydrogen-bond donors (Lipinski definition) is 1. The van der Waals surface area contributed by atoms with Crippen molar-refractivity contribution in [2.45, 2.75) is 33.7 Å². The van der Waals surface area contributed by atoms with Crippen LogP contribution in [-0.2, 0) is 6.54 Å². The molecule has 19 heavy (non-hydrogen) atoms. The van der Waals surface area contributed by atoms with Gasteiger partial charge in [-0.25, -0.2) is 9.67 Å². The van der Waals surface area contributed by atoms with E-state index in [0.29, 0.717) is 5.02 Å². The highest BCUT2D eigenvalue weighted by Crippen LogP contribution is 2.16. The number of aromatic nitrogens is 3. The van der Waals surface area contributed by atoms with Crippen molar-refractivity contribution in [3.63, 3.8) is 0 Å². The predicted molar refractivity (Wildman–Crippen MR) is 77.8 cm³/mol. The Labute approximate surface area is 118 Å². The Morgan fingerprint density at radius 2 is 2.05 bits per heavy atom. The molecule has 0 aliphatic rings. The first-order valence-electron chi connectivity index (χ1n) is 6.51. The summed E-state index contributed by atoms with van der Waals surface area (Å²) in [6.07, 6.45) is 2.92. The van der Waals surface area contributed by atoms with Crippen molar-refractivity contribution in [2.24, 2.45) is 0 Å². The van der Waals surface area contributed by atoms with Gasteiger partial charge in [-0.3, -0.25) is 0 Å². The van der Waals surface area contributed by atoms with E-state index in [0.717, 1.165) is 36.7 Å². The van der Waals surface area contributed by atoms with Gasteiger partial charge in [-0.1, -0.05) is 24.6 Å². The number of hydrogen-bond acceptors (Lipinski definition) is 3. The minimum absolute atomic E-state index is 0.660. The van der Waals surface area contributed by atoms with Gasteiger partial charge in [0.1, 0.15) is 0 Å². The lowest BCUT2D eigenvalue weighted by atomic mass is 10.2. The molecule has 0 unspecified atom stereocenters. The molecule has 0 atom stereocenters. The molecule has 0 bridgehead atoms. The van der Waals surface area contributed by atoms with E-state index < -0.39 is 0 Å². The maximum atomic E-state index is 6.01. The molecular weight excluding hydrogens is 260 g/mol. The van der Waals surface area contributed by atoms with Gasteiger partial charge in [0, 0.05) is 12.2 Å². The molecule has 2 aromatic heterocycles. The van der Waals surface area contributed by atoms with Crippen LogP contribution in [0, 0.1) is 13.8 Å². The molecule has 0 saturated carbocycles. The zero-order chi connectivity index (χ0) is 13.8. The van der Waals surface area contributed by atoms with E-state index in [1.165, 1.54) is 5.56 Å². The molecule has 0 aliphatic carbocycles. The second-order valence-electron chi connectivity index (χ2n) is 4.60. The zero-order valence-electron chi connectivity index (χ0n) is 11.6. The Morgan fingerprint density at radius 3 is 2.63 bits per heavy atom. The van der Waals surface area contributed by atoms with Gasteiger partial charge in [0.25, 0.3) is 0 Å². The van der Waals surface area contributed by atoms with E-state index in [2.05, 4.69) is 28.4 Å². The Morgan fingerprint density at radius 1 is 1.26 bits per heavy atom. The molecular formula is C14H19ClN4. The largest absolute Gasteiger partial charge is 0.313 e. The monoisotopic (exact) mass is 278 g/mol. The molecule has 4 nitrogen and oxygen atoms in total. The van der Waals surface area contributed by atoms with Crippen LogP contribution in [0.25, 0.3) is 5.82 Å². The van der Waals surface area contributed by atoms with E-state index in [1.54, 1.807) is 10.9 Å². The molecule has 2 rings (SSSR count). The Balaban J connectivity index is 2.18. The molecule has 102 valence electrons. The van der Waals surface area contributed by atoms with Crippen LogP contribution in [0.2, 0.25) is 5.02 Å². The minimum Gasteiger partial charge on any atom is -0.313 e. The highest BCUT2D eigenvalue weighted by atomic mass is 35.5. The van der Waals surface area contributed by atoms with Crippen molar-refractivity contribution in [1.82, 2.24) is 20.1 Å². The fourth-order valence-corrected chi connectivity index (χ4v) is 1.98. The third-order valence-electron chi connectivity index (χ3n) is 3.00. The Hall–Kier alpha value is -1.39. The third-order valence-corrected chi connectivity index (χ3v) is 3.37. The molecule has 0 saturated heterocycles. The Bertz CT molecular complexity index is 543. The summed E-state index contributed by atoms with van der Waals surface area (Å²) in [5.74, 6) is 0.798. The summed E-state index contributed by atoms with van der Waals surface area (Å²) in [6.45, 7) is 7.94.